The molecule has 0 saturated heterocycles. The van der Waals surface area contributed by atoms with Crippen molar-refractivity contribution in [2.45, 2.75) is 32.5 Å². The molecule has 1 heterocycles. The Kier molecular flexibility index (Phi) is 3.65. The second-order valence-corrected chi connectivity index (χ2v) is 6.81. The van der Waals surface area contributed by atoms with Gasteiger partial charge in [0, 0.05) is 15.6 Å². The smallest absolute Gasteiger partial charge is 0.397 e. The highest BCUT2D eigenvalue weighted by atomic mass is 32.1. The molecule has 0 radical (unpaired) electrons. The number of hydrogen-bond acceptors (Lipinski definition) is 3. The van der Waals surface area contributed by atoms with Crippen molar-refractivity contribution in [2.75, 3.05) is 5.73 Å². The van der Waals surface area contributed by atoms with Crippen LogP contribution in [0, 0.1) is 0 Å². The highest BCUT2D eigenvalue weighted by Crippen LogP contribution is 2.38. The molecule has 1 aromatic heterocycles. The van der Waals surface area contributed by atoms with Crippen LogP contribution >= 0.6 is 11.3 Å². The first-order valence-corrected chi connectivity index (χ1v) is 7.02. The lowest BCUT2D eigenvalue weighted by atomic mass is 10.1. The van der Waals surface area contributed by atoms with Gasteiger partial charge in [-0.05, 0) is 39.0 Å². The first-order valence-electron chi connectivity index (χ1n) is 6.21. The summed E-state index contributed by atoms with van der Waals surface area (Å²) in [6, 6.07) is 3.31. The normalized spacial score (nSPS) is 12.7. The summed E-state index contributed by atoms with van der Waals surface area (Å²) < 4.78 is 38.7. The van der Waals surface area contributed by atoms with Crippen LogP contribution in [-0.4, -0.2) is 11.4 Å². The highest BCUT2D eigenvalue weighted by Gasteiger charge is 2.31. The van der Waals surface area contributed by atoms with Gasteiger partial charge in [0.15, 0.2) is 0 Å². The molecule has 7 heteroatoms. The molecule has 1 amide bonds. The molecule has 1 aromatic carbocycles. The topological polar surface area (TPSA) is 55.1 Å². The molecule has 0 unspecified atom stereocenters. The van der Waals surface area contributed by atoms with E-state index in [2.05, 4.69) is 5.32 Å². The van der Waals surface area contributed by atoms with E-state index in [1.165, 1.54) is 6.07 Å². The third kappa shape index (κ3) is 3.29. The van der Waals surface area contributed by atoms with Crippen LogP contribution in [0.15, 0.2) is 18.2 Å². The Labute approximate surface area is 123 Å². The number of nitrogens with two attached hydrogens (primary N) is 1. The van der Waals surface area contributed by atoms with Crippen LogP contribution in [0.25, 0.3) is 10.1 Å². The monoisotopic (exact) mass is 316 g/mol. The molecule has 0 aliphatic rings. The number of anilines is 1. The second-order valence-electron chi connectivity index (χ2n) is 5.76. The summed E-state index contributed by atoms with van der Waals surface area (Å²) in [5.74, 6) is -0.380. The van der Waals surface area contributed by atoms with Crippen molar-refractivity contribution in [3.8, 4) is 0 Å². The minimum Gasteiger partial charge on any atom is -0.397 e. The fourth-order valence-electron chi connectivity index (χ4n) is 1.86. The van der Waals surface area contributed by atoms with E-state index < -0.39 is 17.3 Å². The van der Waals surface area contributed by atoms with Gasteiger partial charge in [-0.3, -0.25) is 4.79 Å². The van der Waals surface area contributed by atoms with Crippen LogP contribution in [0.3, 0.4) is 0 Å². The van der Waals surface area contributed by atoms with Crippen LogP contribution in [0.2, 0.25) is 0 Å². The van der Waals surface area contributed by atoms with E-state index in [9.17, 15) is 18.0 Å². The number of hydrogen-bond donors (Lipinski definition) is 2. The lowest BCUT2D eigenvalue weighted by Gasteiger charge is -2.20. The number of fused-ring (bicyclic) bond motifs is 1. The molecule has 0 aliphatic heterocycles. The summed E-state index contributed by atoms with van der Waals surface area (Å²) in [6.07, 6.45) is -4.43. The molecule has 2 rings (SSSR count). The van der Waals surface area contributed by atoms with Gasteiger partial charge in [-0.2, -0.15) is 13.2 Å². The molecule has 3 N–H and O–H groups in total. The zero-order valence-electron chi connectivity index (χ0n) is 11.8. The molecule has 0 bridgehead atoms. The molecule has 114 valence electrons. The largest absolute Gasteiger partial charge is 0.416 e. The van der Waals surface area contributed by atoms with E-state index in [0.717, 1.165) is 23.5 Å². The summed E-state index contributed by atoms with van der Waals surface area (Å²) in [5, 5.41) is 3.01. The molecular weight excluding hydrogens is 301 g/mol. The van der Waals surface area contributed by atoms with E-state index >= 15 is 0 Å². The lowest BCUT2D eigenvalue weighted by Crippen LogP contribution is -2.40. The van der Waals surface area contributed by atoms with Crippen molar-refractivity contribution < 1.29 is 18.0 Å². The van der Waals surface area contributed by atoms with Crippen molar-refractivity contribution >= 4 is 33.0 Å². The average molecular weight is 316 g/mol. The molecule has 21 heavy (non-hydrogen) atoms. The third-order valence-corrected chi connectivity index (χ3v) is 3.93. The maximum absolute atomic E-state index is 12.7. The summed E-state index contributed by atoms with van der Waals surface area (Å²) in [6.45, 7) is 5.45. The van der Waals surface area contributed by atoms with E-state index in [1.54, 1.807) is 0 Å². The van der Waals surface area contributed by atoms with Gasteiger partial charge in [0.2, 0.25) is 0 Å². The number of alkyl halides is 3. The Bertz CT molecular complexity index is 699. The first-order chi connectivity index (χ1) is 9.49. The minimum atomic E-state index is -4.43. The van der Waals surface area contributed by atoms with E-state index in [4.69, 9.17) is 5.73 Å². The quantitative estimate of drug-likeness (QED) is 0.834. The third-order valence-electron chi connectivity index (χ3n) is 2.75. The standard InChI is InChI=1S/C14H15F3N2OS/c1-13(2,3)19-12(20)11-10(18)8-6-7(14(15,16)17)4-5-9(8)21-11/h4-6H,18H2,1-3H3,(H,19,20). The van der Waals surface area contributed by atoms with Gasteiger partial charge >= 0.3 is 6.18 Å². The van der Waals surface area contributed by atoms with Crippen molar-refractivity contribution in [1.29, 1.82) is 0 Å². The fourth-order valence-corrected chi connectivity index (χ4v) is 2.86. The lowest BCUT2D eigenvalue weighted by molar-refractivity contribution is -0.137. The Balaban J connectivity index is 2.49. The van der Waals surface area contributed by atoms with Crippen LogP contribution in [0.4, 0.5) is 18.9 Å². The van der Waals surface area contributed by atoms with E-state index in [-0.39, 0.29) is 21.9 Å². The number of carbonyl (C=O) groups excluding carboxylic acids is 1. The molecule has 0 aliphatic carbocycles. The fraction of sp³-hybridized carbons (Fsp3) is 0.357. The Hall–Kier alpha value is -1.76. The van der Waals surface area contributed by atoms with Crippen molar-refractivity contribution in [3.05, 3.63) is 28.6 Å². The summed E-state index contributed by atoms with van der Waals surface area (Å²) in [7, 11) is 0. The molecule has 0 spiro atoms. The number of benzene rings is 1. The van der Waals surface area contributed by atoms with E-state index in [1.807, 2.05) is 20.8 Å². The second kappa shape index (κ2) is 4.91. The van der Waals surface area contributed by atoms with Gasteiger partial charge < -0.3 is 11.1 Å². The predicted octanol–water partition coefficient (Wildman–Crippen LogP) is 4.03. The minimum absolute atomic E-state index is 0.0860. The van der Waals surface area contributed by atoms with Crippen molar-refractivity contribution in [3.63, 3.8) is 0 Å². The average Bonchev–Trinajstić information content (AvgIpc) is 2.63. The number of halogens is 3. The van der Waals surface area contributed by atoms with Gasteiger partial charge in [0.1, 0.15) is 4.88 Å². The van der Waals surface area contributed by atoms with Gasteiger partial charge in [-0.15, -0.1) is 11.3 Å². The number of rotatable bonds is 1. The highest BCUT2D eigenvalue weighted by molar-refractivity contribution is 7.21. The maximum atomic E-state index is 12.7. The summed E-state index contributed by atoms with van der Waals surface area (Å²) in [4.78, 5) is 12.4. The SMILES string of the molecule is CC(C)(C)NC(=O)c1sc2ccc(C(F)(F)F)cc2c1N. The van der Waals surface area contributed by atoms with Crippen LogP contribution in [-0.2, 0) is 6.18 Å². The number of carbonyl (C=O) groups is 1. The Morgan fingerprint density at radius 2 is 1.86 bits per heavy atom. The van der Waals surface area contributed by atoms with Gasteiger partial charge in [0.05, 0.1) is 11.3 Å². The predicted molar refractivity (Wildman–Crippen MR) is 78.5 cm³/mol. The molecule has 0 atom stereocenters. The zero-order chi connectivity index (χ0) is 16.0. The van der Waals surface area contributed by atoms with Gasteiger partial charge in [-0.1, -0.05) is 0 Å². The zero-order valence-corrected chi connectivity index (χ0v) is 12.6. The van der Waals surface area contributed by atoms with Crippen LogP contribution < -0.4 is 11.1 Å². The summed E-state index contributed by atoms with van der Waals surface area (Å²) >= 11 is 1.09. The summed E-state index contributed by atoms with van der Waals surface area (Å²) in [5.41, 5.74) is 4.72. The van der Waals surface area contributed by atoms with Gasteiger partial charge in [-0.25, -0.2) is 0 Å². The van der Waals surface area contributed by atoms with Crippen LogP contribution in [0.1, 0.15) is 36.0 Å². The molecule has 3 nitrogen and oxygen atoms in total. The first kappa shape index (κ1) is 15.6. The number of thiophene rings is 1. The van der Waals surface area contributed by atoms with Crippen molar-refractivity contribution in [2.24, 2.45) is 0 Å². The number of nitrogen functional groups attached to an aromatic ring is 1. The molecular formula is C14H15F3N2OS. The van der Waals surface area contributed by atoms with Gasteiger partial charge in [0.25, 0.3) is 5.91 Å². The number of amides is 1. The van der Waals surface area contributed by atoms with Crippen LogP contribution in [0.5, 0.6) is 0 Å². The Morgan fingerprint density at radius 3 is 2.38 bits per heavy atom. The van der Waals surface area contributed by atoms with E-state index in [0.29, 0.717) is 4.70 Å². The molecule has 2 aromatic rings. The Morgan fingerprint density at radius 1 is 1.24 bits per heavy atom. The molecule has 0 saturated carbocycles. The molecule has 0 fully saturated rings. The maximum Gasteiger partial charge on any atom is 0.416 e. The van der Waals surface area contributed by atoms with Crippen molar-refractivity contribution in [1.82, 2.24) is 5.32 Å². The number of nitrogens with one attached hydrogen (secondary N) is 1.